The third-order valence-electron chi connectivity index (χ3n) is 2.57. The Kier molecular flexibility index (Phi) is 3.67. The summed E-state index contributed by atoms with van der Waals surface area (Å²) in [7, 11) is 0. The fourth-order valence-electron chi connectivity index (χ4n) is 1.74. The fourth-order valence-corrected chi connectivity index (χ4v) is 1.74. The molecule has 1 unspecified atom stereocenters. The van der Waals surface area contributed by atoms with Gasteiger partial charge in [-0.15, -0.1) is 0 Å². The molecule has 0 fully saturated rings. The SMILES string of the molecule is Cc1ccoc1C(O)c1cncc(OC(C)C)c1. The lowest BCUT2D eigenvalue weighted by atomic mass is 10.1. The smallest absolute Gasteiger partial charge is 0.139 e. The highest BCUT2D eigenvalue weighted by atomic mass is 16.5. The number of hydrogen-bond acceptors (Lipinski definition) is 4. The largest absolute Gasteiger partial charge is 0.489 e. The summed E-state index contributed by atoms with van der Waals surface area (Å²) in [5, 5.41) is 10.2. The standard InChI is InChI=1S/C14H17NO3/c1-9(2)18-12-6-11(7-15-8-12)13(16)14-10(3)4-5-17-14/h4-9,13,16H,1-3H3. The van der Waals surface area contributed by atoms with Gasteiger partial charge in [-0.2, -0.15) is 0 Å². The number of aliphatic hydroxyl groups excluding tert-OH is 1. The van der Waals surface area contributed by atoms with E-state index < -0.39 is 6.10 Å². The minimum Gasteiger partial charge on any atom is -0.489 e. The highest BCUT2D eigenvalue weighted by Gasteiger charge is 2.17. The van der Waals surface area contributed by atoms with Crippen LogP contribution in [-0.4, -0.2) is 16.2 Å². The van der Waals surface area contributed by atoms with Gasteiger partial charge in [-0.25, -0.2) is 0 Å². The Morgan fingerprint density at radius 3 is 2.72 bits per heavy atom. The van der Waals surface area contributed by atoms with E-state index in [9.17, 15) is 5.11 Å². The highest BCUT2D eigenvalue weighted by molar-refractivity contribution is 5.31. The van der Waals surface area contributed by atoms with E-state index in [0.29, 0.717) is 17.1 Å². The predicted molar refractivity (Wildman–Crippen MR) is 67.5 cm³/mol. The van der Waals surface area contributed by atoms with Gasteiger partial charge in [-0.05, 0) is 38.5 Å². The quantitative estimate of drug-likeness (QED) is 0.902. The first-order valence-electron chi connectivity index (χ1n) is 5.91. The van der Waals surface area contributed by atoms with Crippen LogP contribution in [0, 0.1) is 6.92 Å². The number of aromatic nitrogens is 1. The molecule has 2 heterocycles. The number of hydrogen-bond donors (Lipinski definition) is 1. The monoisotopic (exact) mass is 247 g/mol. The molecule has 96 valence electrons. The van der Waals surface area contributed by atoms with E-state index in [1.165, 1.54) is 0 Å². The van der Waals surface area contributed by atoms with Gasteiger partial charge in [-0.1, -0.05) is 0 Å². The molecule has 0 saturated carbocycles. The van der Waals surface area contributed by atoms with Crippen LogP contribution in [0.3, 0.4) is 0 Å². The van der Waals surface area contributed by atoms with Gasteiger partial charge in [0.2, 0.25) is 0 Å². The molecule has 18 heavy (non-hydrogen) atoms. The molecule has 0 aliphatic heterocycles. The molecule has 4 nitrogen and oxygen atoms in total. The zero-order valence-electron chi connectivity index (χ0n) is 10.8. The normalized spacial score (nSPS) is 12.7. The zero-order chi connectivity index (χ0) is 13.1. The molecular formula is C14H17NO3. The van der Waals surface area contributed by atoms with Crippen molar-refractivity contribution in [3.63, 3.8) is 0 Å². The summed E-state index contributed by atoms with van der Waals surface area (Å²) in [6.07, 6.45) is 4.06. The summed E-state index contributed by atoms with van der Waals surface area (Å²) in [5.74, 6) is 1.18. The van der Waals surface area contributed by atoms with Crippen molar-refractivity contribution < 1.29 is 14.3 Å². The molecule has 4 heteroatoms. The lowest BCUT2D eigenvalue weighted by Gasteiger charge is -2.13. The predicted octanol–water partition coefficient (Wildman–Crippen LogP) is 2.85. The van der Waals surface area contributed by atoms with Crippen LogP contribution in [0.2, 0.25) is 0 Å². The van der Waals surface area contributed by atoms with Crippen molar-refractivity contribution in [3.05, 3.63) is 47.7 Å². The van der Waals surface area contributed by atoms with Crippen molar-refractivity contribution in [1.82, 2.24) is 4.98 Å². The van der Waals surface area contributed by atoms with Gasteiger partial charge in [-0.3, -0.25) is 4.98 Å². The van der Waals surface area contributed by atoms with Gasteiger partial charge in [0.1, 0.15) is 17.6 Å². The van der Waals surface area contributed by atoms with Gasteiger partial charge < -0.3 is 14.3 Å². The van der Waals surface area contributed by atoms with Crippen molar-refractivity contribution in [3.8, 4) is 5.75 Å². The minimum absolute atomic E-state index is 0.0736. The van der Waals surface area contributed by atoms with Gasteiger partial charge in [0.25, 0.3) is 0 Å². The van der Waals surface area contributed by atoms with Gasteiger partial charge in [0, 0.05) is 11.8 Å². The fraction of sp³-hybridized carbons (Fsp3) is 0.357. The van der Waals surface area contributed by atoms with E-state index in [4.69, 9.17) is 9.15 Å². The van der Waals surface area contributed by atoms with Crippen LogP contribution in [0.4, 0.5) is 0 Å². The molecule has 0 aliphatic rings. The number of aryl methyl sites for hydroxylation is 1. The number of aliphatic hydroxyl groups is 1. The van der Waals surface area contributed by atoms with Crippen LogP contribution in [0.15, 0.2) is 35.2 Å². The summed E-state index contributed by atoms with van der Waals surface area (Å²) in [6, 6.07) is 3.60. The number of furan rings is 1. The number of nitrogens with zero attached hydrogens (tertiary/aromatic N) is 1. The van der Waals surface area contributed by atoms with Crippen LogP contribution in [0.5, 0.6) is 5.75 Å². The Morgan fingerprint density at radius 2 is 2.11 bits per heavy atom. The molecule has 2 aromatic heterocycles. The van der Waals surface area contributed by atoms with Gasteiger partial charge in [0.15, 0.2) is 0 Å². The summed E-state index contributed by atoms with van der Waals surface area (Å²) in [5.41, 5.74) is 1.57. The van der Waals surface area contributed by atoms with Crippen LogP contribution < -0.4 is 4.74 Å². The first-order chi connectivity index (χ1) is 8.58. The van der Waals surface area contributed by atoms with Crippen molar-refractivity contribution in [2.45, 2.75) is 33.0 Å². The molecule has 0 aromatic carbocycles. The van der Waals surface area contributed by atoms with Crippen LogP contribution in [0.25, 0.3) is 0 Å². The second kappa shape index (κ2) is 5.23. The second-order valence-corrected chi connectivity index (χ2v) is 4.49. The van der Waals surface area contributed by atoms with Crippen LogP contribution in [0.1, 0.15) is 36.8 Å². The molecule has 0 saturated heterocycles. The average Bonchev–Trinajstić information content (AvgIpc) is 2.74. The Balaban J connectivity index is 2.25. The summed E-state index contributed by atoms with van der Waals surface area (Å²) < 4.78 is 10.8. The maximum absolute atomic E-state index is 10.2. The van der Waals surface area contributed by atoms with Crippen LogP contribution >= 0.6 is 0 Å². The third kappa shape index (κ3) is 2.71. The summed E-state index contributed by atoms with van der Waals surface area (Å²) in [6.45, 7) is 5.78. The summed E-state index contributed by atoms with van der Waals surface area (Å²) >= 11 is 0. The molecule has 1 atom stereocenters. The minimum atomic E-state index is -0.816. The molecule has 1 N–H and O–H groups in total. The van der Waals surface area contributed by atoms with Gasteiger partial charge in [0.05, 0.1) is 18.6 Å². The first kappa shape index (κ1) is 12.6. The first-order valence-corrected chi connectivity index (χ1v) is 5.91. The molecule has 2 rings (SSSR count). The number of ether oxygens (including phenoxy) is 1. The zero-order valence-corrected chi connectivity index (χ0v) is 10.8. The van der Waals surface area contributed by atoms with E-state index >= 15 is 0 Å². The van der Waals surface area contributed by atoms with E-state index in [1.54, 1.807) is 24.7 Å². The lowest BCUT2D eigenvalue weighted by molar-refractivity contribution is 0.186. The Morgan fingerprint density at radius 1 is 1.33 bits per heavy atom. The van der Waals surface area contributed by atoms with Crippen LogP contribution in [-0.2, 0) is 0 Å². The van der Waals surface area contributed by atoms with Crippen molar-refractivity contribution in [2.24, 2.45) is 0 Å². The van der Waals surface area contributed by atoms with E-state index in [-0.39, 0.29) is 6.10 Å². The Labute approximate surface area is 106 Å². The Bertz CT molecular complexity index is 519. The molecule has 0 aliphatic carbocycles. The molecular weight excluding hydrogens is 230 g/mol. The van der Waals surface area contributed by atoms with E-state index in [1.807, 2.05) is 26.8 Å². The molecule has 2 aromatic rings. The highest BCUT2D eigenvalue weighted by Crippen LogP contribution is 2.27. The van der Waals surface area contributed by atoms with E-state index in [2.05, 4.69) is 4.98 Å². The second-order valence-electron chi connectivity index (χ2n) is 4.49. The topological polar surface area (TPSA) is 55.5 Å². The maximum atomic E-state index is 10.2. The number of pyridine rings is 1. The van der Waals surface area contributed by atoms with Crippen molar-refractivity contribution in [2.75, 3.05) is 0 Å². The van der Waals surface area contributed by atoms with Crippen molar-refractivity contribution >= 4 is 0 Å². The molecule has 0 radical (unpaired) electrons. The number of rotatable bonds is 4. The lowest BCUT2D eigenvalue weighted by Crippen LogP contribution is -2.07. The Hall–Kier alpha value is -1.81. The molecule has 0 amide bonds. The van der Waals surface area contributed by atoms with Gasteiger partial charge >= 0.3 is 0 Å². The van der Waals surface area contributed by atoms with E-state index in [0.717, 1.165) is 5.56 Å². The maximum Gasteiger partial charge on any atom is 0.139 e. The molecule has 0 bridgehead atoms. The van der Waals surface area contributed by atoms with Crippen molar-refractivity contribution in [1.29, 1.82) is 0 Å². The summed E-state index contributed by atoms with van der Waals surface area (Å²) in [4.78, 5) is 4.07. The average molecular weight is 247 g/mol. The molecule has 0 spiro atoms. The third-order valence-corrected chi connectivity index (χ3v) is 2.57.